The number of rotatable bonds is 11. The van der Waals surface area contributed by atoms with Gasteiger partial charge in [-0.3, -0.25) is 13.9 Å². The van der Waals surface area contributed by atoms with E-state index < -0.39 is 46.1 Å². The van der Waals surface area contributed by atoms with Gasteiger partial charge in [0.05, 0.1) is 15.6 Å². The topological polar surface area (TPSA) is 86.8 Å². The Labute approximate surface area is 232 Å². The molecule has 1 unspecified atom stereocenters. The highest BCUT2D eigenvalue weighted by molar-refractivity contribution is 7.92. The van der Waals surface area contributed by atoms with Crippen molar-refractivity contribution in [1.29, 1.82) is 0 Å². The molecule has 3 rings (SSSR count). The predicted molar refractivity (Wildman–Crippen MR) is 147 cm³/mol. The lowest BCUT2D eigenvalue weighted by molar-refractivity contribution is -0.139. The lowest BCUT2D eigenvalue weighted by atomic mass is 10.1. The van der Waals surface area contributed by atoms with Gasteiger partial charge in [-0.1, -0.05) is 55.8 Å². The summed E-state index contributed by atoms with van der Waals surface area (Å²) < 4.78 is 55.6. The van der Waals surface area contributed by atoms with Gasteiger partial charge in [-0.25, -0.2) is 17.2 Å². The molecule has 0 aromatic heterocycles. The van der Waals surface area contributed by atoms with Crippen molar-refractivity contribution in [2.24, 2.45) is 5.92 Å². The summed E-state index contributed by atoms with van der Waals surface area (Å²) in [5, 5.41) is 2.46. The highest BCUT2D eigenvalue weighted by atomic mass is 35.5. The number of sulfonamides is 1. The number of hydrogen-bond donors (Lipinski definition) is 1. The highest BCUT2D eigenvalue weighted by Crippen LogP contribution is 2.28. The zero-order valence-electron chi connectivity index (χ0n) is 21.8. The van der Waals surface area contributed by atoms with Crippen LogP contribution in [-0.4, -0.2) is 44.3 Å². The van der Waals surface area contributed by atoms with Crippen molar-refractivity contribution in [3.63, 3.8) is 0 Å². The first-order valence-electron chi connectivity index (χ1n) is 12.2. The molecule has 0 aliphatic carbocycles. The number of carbonyl (C=O) groups excluding carboxylic acids is 2. The Balaban J connectivity index is 2.02. The van der Waals surface area contributed by atoms with E-state index in [-0.39, 0.29) is 28.1 Å². The maximum Gasteiger partial charge on any atom is 0.264 e. The summed E-state index contributed by atoms with van der Waals surface area (Å²) in [7, 11) is -4.30. The number of halogens is 3. The number of nitrogens with one attached hydrogen (secondary N) is 1. The molecule has 1 atom stereocenters. The number of nitrogens with zero attached hydrogens (tertiary/aromatic N) is 2. The number of hydrogen-bond acceptors (Lipinski definition) is 4. The van der Waals surface area contributed by atoms with Gasteiger partial charge in [0, 0.05) is 13.1 Å². The fraction of sp³-hybridized carbons (Fsp3) is 0.286. The van der Waals surface area contributed by atoms with E-state index in [1.165, 1.54) is 66.4 Å². The molecule has 0 saturated heterocycles. The molecule has 0 bridgehead atoms. The monoisotopic (exact) mass is 577 g/mol. The molecule has 3 aromatic rings. The van der Waals surface area contributed by atoms with Crippen molar-refractivity contribution in [2.45, 2.75) is 38.3 Å². The Morgan fingerprint density at radius 2 is 1.59 bits per heavy atom. The van der Waals surface area contributed by atoms with E-state index >= 15 is 0 Å². The van der Waals surface area contributed by atoms with Crippen molar-refractivity contribution < 1.29 is 26.8 Å². The van der Waals surface area contributed by atoms with E-state index in [9.17, 15) is 26.8 Å². The molecule has 0 radical (unpaired) electrons. The predicted octanol–water partition coefficient (Wildman–Crippen LogP) is 5.00. The van der Waals surface area contributed by atoms with E-state index in [0.717, 1.165) is 16.4 Å². The summed E-state index contributed by atoms with van der Waals surface area (Å²) in [5.74, 6) is -2.19. The van der Waals surface area contributed by atoms with Crippen molar-refractivity contribution in [2.75, 3.05) is 17.4 Å². The molecule has 1 N–H and O–H groups in total. The number of carbonyl (C=O) groups is 2. The quantitative estimate of drug-likeness (QED) is 0.347. The Morgan fingerprint density at radius 1 is 0.949 bits per heavy atom. The summed E-state index contributed by atoms with van der Waals surface area (Å²) >= 11 is 5.95. The van der Waals surface area contributed by atoms with Crippen molar-refractivity contribution in [1.82, 2.24) is 10.2 Å². The molecule has 39 heavy (non-hydrogen) atoms. The molecule has 11 heteroatoms. The van der Waals surface area contributed by atoms with E-state index in [2.05, 4.69) is 5.32 Å². The number of amides is 2. The maximum atomic E-state index is 13.9. The average Bonchev–Trinajstić information content (AvgIpc) is 2.91. The third kappa shape index (κ3) is 7.77. The van der Waals surface area contributed by atoms with Crippen LogP contribution < -0.4 is 9.62 Å². The van der Waals surface area contributed by atoms with Crippen LogP contribution in [0, 0.1) is 17.6 Å². The average molecular weight is 578 g/mol. The van der Waals surface area contributed by atoms with E-state index in [1.807, 2.05) is 13.8 Å². The van der Waals surface area contributed by atoms with E-state index in [4.69, 9.17) is 11.6 Å². The zero-order chi connectivity index (χ0) is 28.7. The van der Waals surface area contributed by atoms with Crippen LogP contribution in [0.25, 0.3) is 0 Å². The first kappa shape index (κ1) is 30.0. The van der Waals surface area contributed by atoms with Crippen LogP contribution in [0.5, 0.6) is 0 Å². The molecule has 0 aliphatic rings. The smallest absolute Gasteiger partial charge is 0.264 e. The van der Waals surface area contributed by atoms with Crippen LogP contribution in [0.4, 0.5) is 14.5 Å². The molecular weight excluding hydrogens is 548 g/mol. The molecule has 3 aromatic carbocycles. The number of benzene rings is 3. The molecule has 208 valence electrons. The van der Waals surface area contributed by atoms with Gasteiger partial charge in [-0.05, 0) is 60.9 Å². The second-order valence-corrected chi connectivity index (χ2v) is 11.7. The van der Waals surface area contributed by atoms with Crippen molar-refractivity contribution >= 4 is 39.1 Å². The normalized spacial score (nSPS) is 12.2. The molecule has 0 heterocycles. The lowest BCUT2D eigenvalue weighted by Gasteiger charge is -2.32. The van der Waals surface area contributed by atoms with E-state index in [1.54, 1.807) is 6.07 Å². The number of anilines is 1. The van der Waals surface area contributed by atoms with Gasteiger partial charge in [-0.2, -0.15) is 0 Å². The van der Waals surface area contributed by atoms with Crippen LogP contribution in [0.1, 0.15) is 26.3 Å². The Kier molecular flexibility index (Phi) is 10.0. The van der Waals surface area contributed by atoms with Gasteiger partial charge >= 0.3 is 0 Å². The minimum absolute atomic E-state index is 0.0303. The van der Waals surface area contributed by atoms with Crippen molar-refractivity contribution in [3.8, 4) is 0 Å². The standard InChI is InChI=1S/C28H30ClF2N3O4S/c1-19(2)16-32-28(36)20(3)33(17-21-9-11-22(30)12-10-21)27(35)18-34(23-13-14-26(31)25(29)15-23)39(37,38)24-7-5-4-6-8-24/h4-15,19-20H,16-18H2,1-3H3,(H,32,36). The fourth-order valence-corrected chi connectivity index (χ4v) is 5.31. The largest absolute Gasteiger partial charge is 0.354 e. The molecule has 0 spiro atoms. The van der Waals surface area contributed by atoms with Gasteiger partial charge < -0.3 is 10.2 Å². The summed E-state index contributed by atoms with van der Waals surface area (Å²) in [6, 6.07) is 15.2. The first-order valence-corrected chi connectivity index (χ1v) is 14.1. The first-order chi connectivity index (χ1) is 18.4. The van der Waals surface area contributed by atoms with Crippen LogP contribution in [0.2, 0.25) is 5.02 Å². The second-order valence-electron chi connectivity index (χ2n) is 9.39. The molecule has 0 saturated carbocycles. The third-order valence-electron chi connectivity index (χ3n) is 5.92. The SMILES string of the molecule is CC(C)CNC(=O)C(C)N(Cc1ccc(F)cc1)C(=O)CN(c1ccc(F)c(Cl)c1)S(=O)(=O)c1ccccc1. The lowest BCUT2D eigenvalue weighted by Crippen LogP contribution is -2.51. The summed E-state index contributed by atoms with van der Waals surface area (Å²) in [6.07, 6.45) is 0. The second kappa shape index (κ2) is 13.0. The fourth-order valence-electron chi connectivity index (χ4n) is 3.71. The van der Waals surface area contributed by atoms with Crippen molar-refractivity contribution in [3.05, 3.63) is 95.0 Å². The van der Waals surface area contributed by atoms with Gasteiger partial charge in [-0.15, -0.1) is 0 Å². The molecule has 0 aliphatic heterocycles. The summed E-state index contributed by atoms with van der Waals surface area (Å²) in [5.41, 5.74) is 0.507. The highest BCUT2D eigenvalue weighted by Gasteiger charge is 2.32. The van der Waals surface area contributed by atoms with Crippen LogP contribution in [-0.2, 0) is 26.2 Å². The van der Waals surface area contributed by atoms with Gasteiger partial charge in [0.15, 0.2) is 0 Å². The van der Waals surface area contributed by atoms with Crippen LogP contribution in [0.3, 0.4) is 0 Å². The summed E-state index contributed by atoms with van der Waals surface area (Å²) in [6.45, 7) is 4.96. The minimum Gasteiger partial charge on any atom is -0.354 e. The van der Waals surface area contributed by atoms with Gasteiger partial charge in [0.2, 0.25) is 11.8 Å². The summed E-state index contributed by atoms with van der Waals surface area (Å²) in [4.78, 5) is 27.8. The maximum absolute atomic E-state index is 13.9. The van der Waals surface area contributed by atoms with Gasteiger partial charge in [0.25, 0.3) is 10.0 Å². The van der Waals surface area contributed by atoms with Crippen LogP contribution in [0.15, 0.2) is 77.7 Å². The Bertz CT molecular complexity index is 1400. The van der Waals surface area contributed by atoms with Crippen LogP contribution >= 0.6 is 11.6 Å². The minimum atomic E-state index is -4.30. The molecule has 0 fully saturated rings. The van der Waals surface area contributed by atoms with Gasteiger partial charge in [0.1, 0.15) is 24.2 Å². The molecular formula is C28H30ClF2N3O4S. The zero-order valence-corrected chi connectivity index (χ0v) is 23.3. The van der Waals surface area contributed by atoms with E-state index in [0.29, 0.717) is 12.1 Å². The Morgan fingerprint density at radius 3 is 2.18 bits per heavy atom. The Hall–Kier alpha value is -3.50. The third-order valence-corrected chi connectivity index (χ3v) is 8.00. The molecule has 2 amide bonds. The molecule has 7 nitrogen and oxygen atoms in total.